The largest absolute Gasteiger partial charge is 0.341 e. The fourth-order valence-corrected chi connectivity index (χ4v) is 4.23. The molecular weight excluding hydrogens is 352 g/mol. The second-order valence-electron chi connectivity index (χ2n) is 8.04. The van der Waals surface area contributed by atoms with Crippen molar-refractivity contribution in [1.82, 2.24) is 19.7 Å². The van der Waals surface area contributed by atoms with Gasteiger partial charge in [0, 0.05) is 19.3 Å². The average Bonchev–Trinajstić information content (AvgIpc) is 3.24. The van der Waals surface area contributed by atoms with Gasteiger partial charge in [-0.05, 0) is 55.7 Å². The standard InChI is InChI=1S/C21H22N6O/c1-12-7-16(15-3-4-15)8-13(2)18(12)27-11-17-19(25-27)23-21(24-20(17)28)26-6-5-14(9-22)10-26/h7-8,11,14-15H,3-6,10H2,1-2H3,(H,23,24,25,28). The monoisotopic (exact) mass is 374 g/mol. The topological polar surface area (TPSA) is 90.6 Å². The van der Waals surface area contributed by atoms with Gasteiger partial charge in [-0.2, -0.15) is 10.2 Å². The number of nitriles is 1. The molecule has 142 valence electrons. The number of benzene rings is 1. The lowest BCUT2D eigenvalue weighted by Crippen LogP contribution is -2.24. The highest BCUT2D eigenvalue weighted by Crippen LogP contribution is 2.41. The van der Waals surface area contributed by atoms with Crippen LogP contribution in [0, 0.1) is 31.1 Å². The Hall–Kier alpha value is -3.14. The van der Waals surface area contributed by atoms with E-state index in [-0.39, 0.29) is 11.5 Å². The van der Waals surface area contributed by atoms with Crippen LogP contribution in [-0.4, -0.2) is 32.8 Å². The van der Waals surface area contributed by atoms with E-state index < -0.39 is 0 Å². The van der Waals surface area contributed by atoms with E-state index >= 15 is 0 Å². The summed E-state index contributed by atoms with van der Waals surface area (Å²) < 4.78 is 1.78. The van der Waals surface area contributed by atoms with Crippen LogP contribution in [0.15, 0.2) is 23.1 Å². The molecule has 1 saturated heterocycles. The molecule has 1 unspecified atom stereocenters. The Balaban J connectivity index is 1.56. The van der Waals surface area contributed by atoms with Crippen LogP contribution >= 0.6 is 0 Å². The maximum atomic E-state index is 12.6. The highest BCUT2D eigenvalue weighted by Gasteiger charge is 2.26. The molecule has 2 aromatic heterocycles. The zero-order valence-corrected chi connectivity index (χ0v) is 16.1. The van der Waals surface area contributed by atoms with Crippen LogP contribution in [0.5, 0.6) is 0 Å². The summed E-state index contributed by atoms with van der Waals surface area (Å²) in [5.41, 5.74) is 4.95. The highest BCUT2D eigenvalue weighted by atomic mass is 16.1. The summed E-state index contributed by atoms with van der Waals surface area (Å²) in [5.74, 6) is 1.18. The summed E-state index contributed by atoms with van der Waals surface area (Å²) in [5, 5.41) is 14.2. The van der Waals surface area contributed by atoms with Crippen LogP contribution in [0.4, 0.5) is 5.95 Å². The van der Waals surface area contributed by atoms with Crippen molar-refractivity contribution in [3.05, 3.63) is 45.4 Å². The molecule has 0 radical (unpaired) electrons. The lowest BCUT2D eigenvalue weighted by Gasteiger charge is -2.15. The Kier molecular flexibility index (Phi) is 3.76. The Labute approximate surface area is 162 Å². The van der Waals surface area contributed by atoms with Gasteiger partial charge in [0.2, 0.25) is 5.95 Å². The summed E-state index contributed by atoms with van der Waals surface area (Å²) in [4.78, 5) is 22.0. The highest BCUT2D eigenvalue weighted by molar-refractivity contribution is 5.75. The predicted octanol–water partition coefficient (Wildman–Crippen LogP) is 2.95. The first kappa shape index (κ1) is 17.0. The van der Waals surface area contributed by atoms with E-state index in [1.807, 2.05) is 4.90 Å². The molecule has 1 aromatic carbocycles. The van der Waals surface area contributed by atoms with Crippen LogP contribution in [0.1, 0.15) is 41.9 Å². The smallest absolute Gasteiger partial charge is 0.263 e. The van der Waals surface area contributed by atoms with Gasteiger partial charge in [-0.1, -0.05) is 12.1 Å². The van der Waals surface area contributed by atoms with E-state index in [1.165, 1.54) is 18.4 Å². The molecule has 3 heterocycles. The van der Waals surface area contributed by atoms with E-state index in [0.717, 1.165) is 23.2 Å². The fourth-order valence-electron chi connectivity index (χ4n) is 4.23. The van der Waals surface area contributed by atoms with Crippen molar-refractivity contribution >= 4 is 17.0 Å². The van der Waals surface area contributed by atoms with Gasteiger partial charge in [-0.25, -0.2) is 4.68 Å². The second kappa shape index (κ2) is 6.20. The van der Waals surface area contributed by atoms with E-state index in [2.05, 4.69) is 47.1 Å². The van der Waals surface area contributed by atoms with Crippen molar-refractivity contribution in [3.8, 4) is 11.8 Å². The number of aryl methyl sites for hydroxylation is 2. The third-order valence-corrected chi connectivity index (χ3v) is 5.84. The number of hydrogen-bond acceptors (Lipinski definition) is 5. The van der Waals surface area contributed by atoms with E-state index in [0.29, 0.717) is 36.0 Å². The summed E-state index contributed by atoms with van der Waals surface area (Å²) >= 11 is 0. The Morgan fingerprint density at radius 3 is 2.61 bits per heavy atom. The summed E-state index contributed by atoms with van der Waals surface area (Å²) in [6.45, 7) is 5.49. The van der Waals surface area contributed by atoms with Crippen molar-refractivity contribution < 1.29 is 0 Å². The molecule has 1 saturated carbocycles. The molecule has 1 atom stereocenters. The van der Waals surface area contributed by atoms with Gasteiger partial charge in [0.05, 0.1) is 17.7 Å². The van der Waals surface area contributed by atoms with Gasteiger partial charge in [0.15, 0.2) is 5.65 Å². The SMILES string of the molecule is Cc1cc(C2CC2)cc(C)c1-n1cc2c(=O)[nH]c(N3CCC(C#N)C3)nc2n1. The number of fused-ring (bicyclic) bond motifs is 1. The van der Waals surface area contributed by atoms with Gasteiger partial charge in [-0.15, -0.1) is 5.10 Å². The van der Waals surface area contributed by atoms with Crippen LogP contribution in [0.3, 0.4) is 0 Å². The molecule has 28 heavy (non-hydrogen) atoms. The van der Waals surface area contributed by atoms with Crippen molar-refractivity contribution in [3.63, 3.8) is 0 Å². The lowest BCUT2D eigenvalue weighted by atomic mass is 10.0. The maximum absolute atomic E-state index is 12.6. The Morgan fingerprint density at radius 1 is 1.21 bits per heavy atom. The van der Waals surface area contributed by atoms with Gasteiger partial charge >= 0.3 is 0 Å². The van der Waals surface area contributed by atoms with Crippen LogP contribution < -0.4 is 10.5 Å². The van der Waals surface area contributed by atoms with Crippen molar-refractivity contribution in [2.75, 3.05) is 18.0 Å². The number of aromatic amines is 1. The van der Waals surface area contributed by atoms with Crippen molar-refractivity contribution in [1.29, 1.82) is 5.26 Å². The molecular formula is C21H22N6O. The van der Waals surface area contributed by atoms with Crippen LogP contribution in [-0.2, 0) is 0 Å². The molecule has 1 aliphatic heterocycles. The number of rotatable bonds is 3. The first-order valence-electron chi connectivity index (χ1n) is 9.79. The fraction of sp³-hybridized carbons (Fsp3) is 0.429. The van der Waals surface area contributed by atoms with Gasteiger partial charge < -0.3 is 4.90 Å². The second-order valence-corrected chi connectivity index (χ2v) is 8.04. The third-order valence-electron chi connectivity index (χ3n) is 5.84. The van der Waals surface area contributed by atoms with E-state index in [9.17, 15) is 4.79 Å². The van der Waals surface area contributed by atoms with Crippen molar-refractivity contribution in [2.45, 2.75) is 39.0 Å². The predicted molar refractivity (Wildman–Crippen MR) is 107 cm³/mol. The molecule has 1 aliphatic carbocycles. The van der Waals surface area contributed by atoms with E-state index in [4.69, 9.17) is 5.26 Å². The Morgan fingerprint density at radius 2 is 1.96 bits per heavy atom. The number of hydrogen-bond donors (Lipinski definition) is 1. The molecule has 2 fully saturated rings. The average molecular weight is 374 g/mol. The Bertz CT molecular complexity index is 1160. The number of nitrogens with zero attached hydrogens (tertiary/aromatic N) is 5. The number of H-pyrrole nitrogens is 1. The normalized spacial score (nSPS) is 19.3. The van der Waals surface area contributed by atoms with Gasteiger partial charge in [-0.3, -0.25) is 9.78 Å². The molecule has 3 aromatic rings. The zero-order chi connectivity index (χ0) is 19.4. The summed E-state index contributed by atoms with van der Waals surface area (Å²) in [7, 11) is 0. The summed E-state index contributed by atoms with van der Waals surface area (Å²) in [6, 6.07) is 6.76. The molecule has 1 N–H and O–H groups in total. The molecule has 7 heteroatoms. The number of anilines is 1. The first-order valence-corrected chi connectivity index (χ1v) is 9.79. The minimum absolute atomic E-state index is 0.0196. The molecule has 0 bridgehead atoms. The van der Waals surface area contributed by atoms with Crippen molar-refractivity contribution in [2.24, 2.45) is 5.92 Å². The number of nitrogens with one attached hydrogen (secondary N) is 1. The molecule has 0 amide bonds. The van der Waals surface area contributed by atoms with Gasteiger partial charge in [0.1, 0.15) is 5.39 Å². The molecule has 5 rings (SSSR count). The van der Waals surface area contributed by atoms with Crippen LogP contribution in [0.25, 0.3) is 16.7 Å². The maximum Gasteiger partial charge on any atom is 0.263 e. The first-order chi connectivity index (χ1) is 13.5. The van der Waals surface area contributed by atoms with E-state index in [1.54, 1.807) is 10.9 Å². The quantitative estimate of drug-likeness (QED) is 0.761. The molecule has 2 aliphatic rings. The van der Waals surface area contributed by atoms with Gasteiger partial charge in [0.25, 0.3) is 5.56 Å². The summed E-state index contributed by atoms with van der Waals surface area (Å²) in [6.07, 6.45) is 5.10. The minimum Gasteiger partial charge on any atom is -0.341 e. The van der Waals surface area contributed by atoms with Crippen LogP contribution in [0.2, 0.25) is 0 Å². The lowest BCUT2D eigenvalue weighted by molar-refractivity contribution is 0.752. The molecule has 7 nitrogen and oxygen atoms in total. The molecule has 0 spiro atoms. The zero-order valence-electron chi connectivity index (χ0n) is 16.1. The number of aromatic nitrogens is 4. The minimum atomic E-state index is -0.198. The third kappa shape index (κ3) is 2.76.